The van der Waals surface area contributed by atoms with Gasteiger partial charge in [-0.3, -0.25) is 4.79 Å². The van der Waals surface area contributed by atoms with Gasteiger partial charge >= 0.3 is 5.97 Å². The Kier molecular flexibility index (Phi) is 6.11. The molecule has 1 atom stereocenters. The second kappa shape index (κ2) is 8.08. The van der Waals surface area contributed by atoms with E-state index in [1.54, 1.807) is 12.1 Å². The fraction of sp³-hybridized carbons (Fsp3) is 0.250. The Hall–Kier alpha value is -2.18. The van der Waals surface area contributed by atoms with Crippen LogP contribution in [0.15, 0.2) is 34.9 Å². The van der Waals surface area contributed by atoms with E-state index in [0.29, 0.717) is 5.76 Å². The Labute approximate surface area is 148 Å². The minimum Gasteiger partial charge on any atom is -0.494 e. The maximum atomic E-state index is 12.1. The number of carbonyl (C=O) groups is 2. The number of methoxy groups -OCH3 is 1. The normalized spacial score (nSPS) is 11.7. The zero-order valence-corrected chi connectivity index (χ0v) is 14.5. The topological polar surface area (TPSA) is 77.8 Å². The third kappa shape index (κ3) is 4.43. The molecule has 24 heavy (non-hydrogen) atoms. The second-order valence-electron chi connectivity index (χ2n) is 4.82. The summed E-state index contributed by atoms with van der Waals surface area (Å²) in [7, 11) is 1.41. The smallest absolute Gasteiger partial charge is 0.339 e. The van der Waals surface area contributed by atoms with Crippen LogP contribution >= 0.6 is 23.2 Å². The van der Waals surface area contributed by atoms with E-state index in [1.165, 1.54) is 32.4 Å². The molecule has 8 heteroatoms. The maximum absolute atomic E-state index is 12.1. The molecule has 6 nitrogen and oxygen atoms in total. The fourth-order valence-electron chi connectivity index (χ4n) is 1.89. The molecule has 0 bridgehead atoms. The average Bonchev–Trinajstić information content (AvgIpc) is 3.05. The number of hydrogen-bond acceptors (Lipinski definition) is 5. The van der Waals surface area contributed by atoms with Gasteiger partial charge in [0.25, 0.3) is 5.91 Å². The predicted octanol–water partition coefficient (Wildman–Crippen LogP) is 3.46. The lowest BCUT2D eigenvalue weighted by Crippen LogP contribution is -2.35. The summed E-state index contributed by atoms with van der Waals surface area (Å²) >= 11 is 12.0. The SMILES string of the molecule is COc1c(Cl)cc(C(=O)O[C@@H](C)C(=O)NCc2ccco2)cc1Cl. The maximum Gasteiger partial charge on any atom is 0.339 e. The lowest BCUT2D eigenvalue weighted by molar-refractivity contribution is -0.129. The van der Waals surface area contributed by atoms with Crippen LogP contribution in [0, 0.1) is 0 Å². The zero-order valence-electron chi connectivity index (χ0n) is 13.0. The van der Waals surface area contributed by atoms with Crippen LogP contribution in [0.5, 0.6) is 5.75 Å². The number of ether oxygens (including phenoxy) is 2. The largest absolute Gasteiger partial charge is 0.494 e. The van der Waals surface area contributed by atoms with E-state index >= 15 is 0 Å². The molecule has 128 valence electrons. The number of nitrogens with one attached hydrogen (secondary N) is 1. The first-order valence-corrected chi connectivity index (χ1v) is 7.72. The molecular weight excluding hydrogens is 357 g/mol. The summed E-state index contributed by atoms with van der Waals surface area (Å²) in [5.74, 6) is -0.317. The quantitative estimate of drug-likeness (QED) is 0.786. The van der Waals surface area contributed by atoms with Crippen LogP contribution in [0.1, 0.15) is 23.0 Å². The second-order valence-corrected chi connectivity index (χ2v) is 5.63. The van der Waals surface area contributed by atoms with Gasteiger partial charge in [-0.2, -0.15) is 0 Å². The van der Waals surface area contributed by atoms with Crippen molar-refractivity contribution in [1.82, 2.24) is 5.32 Å². The van der Waals surface area contributed by atoms with Crippen LogP contribution in [0.3, 0.4) is 0 Å². The third-order valence-corrected chi connectivity index (χ3v) is 3.67. The van der Waals surface area contributed by atoms with Crippen LogP contribution in [0.25, 0.3) is 0 Å². The van der Waals surface area contributed by atoms with Crippen molar-refractivity contribution in [3.63, 3.8) is 0 Å². The molecule has 0 saturated heterocycles. The highest BCUT2D eigenvalue weighted by Gasteiger charge is 2.21. The first-order valence-electron chi connectivity index (χ1n) is 6.96. The molecule has 0 unspecified atom stereocenters. The van der Waals surface area contributed by atoms with Gasteiger partial charge in [-0.15, -0.1) is 0 Å². The Bertz CT molecular complexity index is 707. The molecule has 0 aliphatic heterocycles. The fourth-order valence-corrected chi connectivity index (χ4v) is 2.53. The number of esters is 1. The summed E-state index contributed by atoms with van der Waals surface area (Å²) in [5, 5.41) is 2.95. The monoisotopic (exact) mass is 371 g/mol. The van der Waals surface area contributed by atoms with Crippen molar-refractivity contribution in [1.29, 1.82) is 0 Å². The highest BCUT2D eigenvalue weighted by Crippen LogP contribution is 2.34. The molecule has 0 fully saturated rings. The summed E-state index contributed by atoms with van der Waals surface area (Å²) in [5.41, 5.74) is 0.122. The predicted molar refractivity (Wildman–Crippen MR) is 88.4 cm³/mol. The van der Waals surface area contributed by atoms with Crippen LogP contribution in [-0.2, 0) is 16.1 Å². The van der Waals surface area contributed by atoms with Gasteiger partial charge < -0.3 is 19.2 Å². The van der Waals surface area contributed by atoms with Crippen molar-refractivity contribution < 1.29 is 23.5 Å². The van der Waals surface area contributed by atoms with E-state index in [0.717, 1.165) is 0 Å². The molecule has 2 rings (SSSR count). The van der Waals surface area contributed by atoms with Gasteiger partial charge in [0.1, 0.15) is 5.76 Å². The van der Waals surface area contributed by atoms with Crippen LogP contribution in [0.4, 0.5) is 0 Å². The molecule has 0 spiro atoms. The summed E-state index contributed by atoms with van der Waals surface area (Å²) < 4.78 is 15.2. The number of hydrogen-bond donors (Lipinski definition) is 1. The lowest BCUT2D eigenvalue weighted by Gasteiger charge is -2.14. The van der Waals surface area contributed by atoms with Crippen molar-refractivity contribution in [3.8, 4) is 5.75 Å². The van der Waals surface area contributed by atoms with Crippen molar-refractivity contribution in [2.24, 2.45) is 0 Å². The van der Waals surface area contributed by atoms with Crippen LogP contribution in [0.2, 0.25) is 10.0 Å². The van der Waals surface area contributed by atoms with Gasteiger partial charge in [0.2, 0.25) is 0 Å². The van der Waals surface area contributed by atoms with Crippen LogP contribution < -0.4 is 10.1 Å². The number of rotatable bonds is 6. The Morgan fingerprint density at radius 1 is 1.29 bits per heavy atom. The lowest BCUT2D eigenvalue weighted by atomic mass is 10.2. The number of carbonyl (C=O) groups excluding carboxylic acids is 2. The van der Waals surface area contributed by atoms with Gasteiger partial charge in [-0.1, -0.05) is 23.2 Å². The number of halogens is 2. The first kappa shape index (κ1) is 18.2. The molecule has 1 amide bonds. The molecule has 0 aliphatic rings. The van der Waals surface area contributed by atoms with E-state index in [4.69, 9.17) is 37.1 Å². The van der Waals surface area contributed by atoms with Crippen molar-refractivity contribution in [3.05, 3.63) is 51.9 Å². The zero-order chi connectivity index (χ0) is 17.7. The minimum atomic E-state index is -0.993. The Balaban J connectivity index is 1.97. The van der Waals surface area contributed by atoms with Crippen molar-refractivity contribution >= 4 is 35.1 Å². The van der Waals surface area contributed by atoms with Gasteiger partial charge in [0.15, 0.2) is 11.9 Å². The third-order valence-electron chi connectivity index (χ3n) is 3.11. The molecule has 1 aromatic carbocycles. The van der Waals surface area contributed by atoms with E-state index in [9.17, 15) is 9.59 Å². The van der Waals surface area contributed by atoms with Gasteiger partial charge in [-0.05, 0) is 31.2 Å². The summed E-state index contributed by atoms with van der Waals surface area (Å²) in [6.07, 6.45) is 0.509. The minimum absolute atomic E-state index is 0.122. The van der Waals surface area contributed by atoms with Gasteiger partial charge in [-0.25, -0.2) is 4.79 Å². The van der Waals surface area contributed by atoms with Crippen LogP contribution in [-0.4, -0.2) is 25.1 Å². The molecular formula is C16H15Cl2NO5. The van der Waals surface area contributed by atoms with Gasteiger partial charge in [0, 0.05) is 0 Å². The Morgan fingerprint density at radius 3 is 2.50 bits per heavy atom. The molecule has 1 N–H and O–H groups in total. The summed E-state index contributed by atoms with van der Waals surface area (Å²) in [6.45, 7) is 1.66. The molecule has 0 aliphatic carbocycles. The highest BCUT2D eigenvalue weighted by atomic mass is 35.5. The summed E-state index contributed by atoms with van der Waals surface area (Å²) in [6, 6.07) is 6.16. The van der Waals surface area contributed by atoms with Crippen molar-refractivity contribution in [2.75, 3.05) is 7.11 Å². The number of benzene rings is 1. The van der Waals surface area contributed by atoms with Gasteiger partial charge in [0.05, 0.1) is 35.5 Å². The van der Waals surface area contributed by atoms with E-state index in [1.807, 2.05) is 0 Å². The number of amides is 1. The molecule has 0 saturated carbocycles. The average molecular weight is 372 g/mol. The molecule has 2 aromatic rings. The van der Waals surface area contributed by atoms with E-state index in [-0.39, 0.29) is 27.9 Å². The molecule has 1 aromatic heterocycles. The molecule has 1 heterocycles. The van der Waals surface area contributed by atoms with Crippen molar-refractivity contribution in [2.45, 2.75) is 19.6 Å². The summed E-state index contributed by atoms with van der Waals surface area (Å²) in [4.78, 5) is 24.1. The first-order chi connectivity index (χ1) is 11.4. The molecule has 0 radical (unpaired) electrons. The van der Waals surface area contributed by atoms with E-state index in [2.05, 4.69) is 5.32 Å². The number of furan rings is 1. The standard InChI is InChI=1S/C16H15Cl2NO5/c1-9(15(20)19-8-11-4-3-5-23-11)24-16(21)10-6-12(17)14(22-2)13(18)7-10/h3-7,9H,8H2,1-2H3,(H,19,20)/t9-/m0/s1. The van der Waals surface area contributed by atoms with E-state index < -0.39 is 18.0 Å². The highest BCUT2D eigenvalue weighted by molar-refractivity contribution is 6.37. The Morgan fingerprint density at radius 2 is 1.96 bits per heavy atom.